The van der Waals surface area contributed by atoms with E-state index in [9.17, 15) is 5.11 Å². The zero-order valence-corrected chi connectivity index (χ0v) is 13.7. The van der Waals surface area contributed by atoms with Crippen molar-refractivity contribution >= 4 is 23.5 Å². The van der Waals surface area contributed by atoms with Crippen LogP contribution in [0.25, 0.3) is 0 Å². The molecule has 3 rings (SSSR count). The zero-order chi connectivity index (χ0) is 14.4. The third kappa shape index (κ3) is 2.20. The van der Waals surface area contributed by atoms with Gasteiger partial charge in [-0.3, -0.25) is 0 Å². The van der Waals surface area contributed by atoms with Crippen molar-refractivity contribution in [3.05, 3.63) is 23.3 Å². The van der Waals surface area contributed by atoms with Gasteiger partial charge in [0.15, 0.2) is 0 Å². The summed E-state index contributed by atoms with van der Waals surface area (Å²) >= 11 is 3.85. The summed E-state index contributed by atoms with van der Waals surface area (Å²) in [6.07, 6.45) is 1.37. The van der Waals surface area contributed by atoms with Gasteiger partial charge in [0.05, 0.1) is 23.9 Å². The Morgan fingerprint density at radius 3 is 2.30 bits per heavy atom. The minimum Gasteiger partial charge on any atom is -0.496 e. The molecule has 1 aliphatic carbocycles. The van der Waals surface area contributed by atoms with Gasteiger partial charge in [-0.05, 0) is 19.1 Å². The van der Waals surface area contributed by atoms with Gasteiger partial charge in [-0.2, -0.15) is 0 Å². The number of methoxy groups -OCH3 is 2. The molecular weight excluding hydrogens is 292 g/mol. The molecule has 3 nitrogen and oxygen atoms in total. The number of hydrogen-bond donors (Lipinski definition) is 1. The predicted octanol–water partition coefficient (Wildman–Crippen LogP) is 3.03. The van der Waals surface area contributed by atoms with E-state index >= 15 is 0 Å². The number of ether oxygens (including phenoxy) is 2. The third-order valence-electron chi connectivity index (χ3n) is 3.98. The molecule has 110 valence electrons. The fraction of sp³-hybridized carbons (Fsp3) is 0.600. The van der Waals surface area contributed by atoms with Crippen molar-refractivity contribution in [3.8, 4) is 11.5 Å². The van der Waals surface area contributed by atoms with Crippen LogP contribution in [0, 0.1) is 0 Å². The summed E-state index contributed by atoms with van der Waals surface area (Å²) in [6.45, 7) is 1.93. The van der Waals surface area contributed by atoms with Crippen LogP contribution in [0.4, 0.5) is 0 Å². The lowest BCUT2D eigenvalue weighted by molar-refractivity contribution is 0.0406. The smallest absolute Gasteiger partial charge is 0.124 e. The first-order valence-corrected chi connectivity index (χ1v) is 8.73. The van der Waals surface area contributed by atoms with Crippen LogP contribution in [0.5, 0.6) is 11.5 Å². The third-order valence-corrected chi connectivity index (χ3v) is 7.39. The second kappa shape index (κ2) is 5.04. The number of hydrogen-bond acceptors (Lipinski definition) is 5. The number of rotatable bonds is 2. The Morgan fingerprint density at radius 1 is 1.10 bits per heavy atom. The highest BCUT2D eigenvalue weighted by molar-refractivity contribution is 8.20. The predicted molar refractivity (Wildman–Crippen MR) is 85.1 cm³/mol. The first-order chi connectivity index (χ1) is 9.51. The van der Waals surface area contributed by atoms with E-state index < -0.39 is 5.60 Å². The molecule has 1 heterocycles. The molecule has 1 fully saturated rings. The molecular formula is C15H20O3S2. The maximum Gasteiger partial charge on any atom is 0.124 e. The summed E-state index contributed by atoms with van der Waals surface area (Å²) in [6, 6.07) is 3.93. The number of thioether (sulfide) groups is 2. The molecule has 1 spiro atoms. The van der Waals surface area contributed by atoms with Gasteiger partial charge in [0.2, 0.25) is 0 Å². The quantitative estimate of drug-likeness (QED) is 0.909. The van der Waals surface area contributed by atoms with E-state index in [-0.39, 0.29) is 4.08 Å². The van der Waals surface area contributed by atoms with E-state index in [1.807, 2.05) is 42.6 Å². The van der Waals surface area contributed by atoms with Gasteiger partial charge < -0.3 is 14.6 Å². The van der Waals surface area contributed by atoms with Crippen LogP contribution >= 0.6 is 23.5 Å². The lowest BCUT2D eigenvalue weighted by atomic mass is 9.80. The van der Waals surface area contributed by atoms with Crippen molar-refractivity contribution in [2.75, 3.05) is 25.7 Å². The van der Waals surface area contributed by atoms with Crippen LogP contribution in [-0.4, -0.2) is 36.4 Å². The molecule has 1 aliphatic heterocycles. The second-order valence-corrected chi connectivity index (χ2v) is 8.67. The van der Waals surface area contributed by atoms with Gasteiger partial charge in [0.25, 0.3) is 0 Å². The van der Waals surface area contributed by atoms with Crippen LogP contribution in [0.2, 0.25) is 0 Å². The maximum atomic E-state index is 10.7. The van der Waals surface area contributed by atoms with Gasteiger partial charge in [-0.15, -0.1) is 23.5 Å². The summed E-state index contributed by atoms with van der Waals surface area (Å²) in [5, 5.41) is 10.7. The summed E-state index contributed by atoms with van der Waals surface area (Å²) in [5.74, 6) is 3.99. The Labute approximate surface area is 128 Å². The van der Waals surface area contributed by atoms with Gasteiger partial charge in [0.1, 0.15) is 11.5 Å². The normalized spacial score (nSPS) is 27.4. The van der Waals surface area contributed by atoms with E-state index in [1.54, 1.807) is 14.2 Å². The highest BCUT2D eigenvalue weighted by atomic mass is 32.2. The van der Waals surface area contributed by atoms with Crippen LogP contribution < -0.4 is 9.47 Å². The van der Waals surface area contributed by atoms with Crippen molar-refractivity contribution in [2.45, 2.75) is 29.4 Å². The summed E-state index contributed by atoms with van der Waals surface area (Å²) in [7, 11) is 3.40. The summed E-state index contributed by atoms with van der Waals surface area (Å²) in [5.41, 5.74) is 1.63. The van der Waals surface area contributed by atoms with Crippen LogP contribution in [-0.2, 0) is 10.5 Å². The van der Waals surface area contributed by atoms with Gasteiger partial charge in [-0.25, -0.2) is 0 Å². The molecule has 0 amide bonds. The minimum absolute atomic E-state index is 0.100. The molecule has 2 aliphatic rings. The fourth-order valence-electron chi connectivity index (χ4n) is 3.30. The fourth-order valence-corrected chi connectivity index (χ4v) is 7.02. The lowest BCUT2D eigenvalue weighted by Gasteiger charge is -2.43. The molecule has 1 unspecified atom stereocenters. The van der Waals surface area contributed by atoms with Crippen LogP contribution in [0.15, 0.2) is 12.1 Å². The highest BCUT2D eigenvalue weighted by Crippen LogP contribution is 2.62. The van der Waals surface area contributed by atoms with Crippen LogP contribution in [0.3, 0.4) is 0 Å². The highest BCUT2D eigenvalue weighted by Gasteiger charge is 2.50. The van der Waals surface area contributed by atoms with E-state index in [0.717, 1.165) is 35.0 Å². The number of fused-ring (bicyclic) bond motifs is 2. The van der Waals surface area contributed by atoms with E-state index in [1.165, 1.54) is 5.56 Å². The molecule has 1 aromatic rings. The molecule has 0 radical (unpaired) electrons. The monoisotopic (exact) mass is 312 g/mol. The van der Waals surface area contributed by atoms with Gasteiger partial charge >= 0.3 is 0 Å². The van der Waals surface area contributed by atoms with E-state index in [2.05, 4.69) is 0 Å². The minimum atomic E-state index is -0.697. The summed E-state index contributed by atoms with van der Waals surface area (Å²) in [4.78, 5) is 0. The second-order valence-electron chi connectivity index (χ2n) is 5.62. The maximum absolute atomic E-state index is 10.7. The number of benzene rings is 1. The van der Waals surface area contributed by atoms with Crippen molar-refractivity contribution in [2.24, 2.45) is 0 Å². The Bertz CT molecular complexity index is 522. The first kappa shape index (κ1) is 14.4. The molecule has 0 bridgehead atoms. The SMILES string of the molecule is COc1ccc(OC)c2c1CC(C)(O)CC21SCCS1. The van der Waals surface area contributed by atoms with Crippen molar-refractivity contribution in [1.82, 2.24) is 0 Å². The first-order valence-electron chi connectivity index (χ1n) is 6.76. The molecule has 5 heteroatoms. The van der Waals surface area contributed by atoms with E-state index in [0.29, 0.717) is 6.42 Å². The standard InChI is InChI=1S/C15H20O3S2/c1-14(16)8-10-11(17-2)4-5-12(18-3)13(10)15(9-14)19-6-7-20-15/h4-5,16H,6-9H2,1-3H3. The van der Waals surface area contributed by atoms with Crippen molar-refractivity contribution in [1.29, 1.82) is 0 Å². The average molecular weight is 312 g/mol. The van der Waals surface area contributed by atoms with E-state index in [4.69, 9.17) is 9.47 Å². The zero-order valence-electron chi connectivity index (χ0n) is 12.1. The van der Waals surface area contributed by atoms with Crippen molar-refractivity contribution in [3.63, 3.8) is 0 Å². The molecule has 1 saturated heterocycles. The molecule has 1 atom stereocenters. The van der Waals surface area contributed by atoms with Gasteiger partial charge in [-0.1, -0.05) is 0 Å². The lowest BCUT2D eigenvalue weighted by Crippen LogP contribution is -2.40. The molecule has 0 saturated carbocycles. The molecule has 20 heavy (non-hydrogen) atoms. The molecule has 0 aromatic heterocycles. The largest absolute Gasteiger partial charge is 0.496 e. The Hall–Kier alpha value is -0.520. The average Bonchev–Trinajstić information content (AvgIpc) is 2.84. The summed E-state index contributed by atoms with van der Waals surface area (Å²) < 4.78 is 11.0. The van der Waals surface area contributed by atoms with Crippen LogP contribution in [0.1, 0.15) is 24.5 Å². The Morgan fingerprint density at radius 2 is 1.70 bits per heavy atom. The Balaban J connectivity index is 2.24. The number of aliphatic hydroxyl groups is 1. The Kier molecular flexibility index (Phi) is 3.63. The van der Waals surface area contributed by atoms with Gasteiger partial charge in [0, 0.05) is 35.5 Å². The molecule has 1 aromatic carbocycles. The topological polar surface area (TPSA) is 38.7 Å². The van der Waals surface area contributed by atoms with Crippen molar-refractivity contribution < 1.29 is 14.6 Å². The molecule has 1 N–H and O–H groups in total.